The number of aliphatic hydroxyl groups is 1. The fourth-order valence-electron chi connectivity index (χ4n) is 2.11. The Kier molecular flexibility index (Phi) is 5.00. The van der Waals surface area contributed by atoms with Crippen molar-refractivity contribution < 1.29 is 17.9 Å². The number of hydrogen-bond donors (Lipinski definition) is 2. The van der Waals surface area contributed by atoms with Gasteiger partial charge in [-0.05, 0) is 52.9 Å². The van der Waals surface area contributed by atoms with Crippen LogP contribution in [0, 0.1) is 11.7 Å². The molecule has 1 aromatic carbocycles. The summed E-state index contributed by atoms with van der Waals surface area (Å²) in [5.41, 5.74) is 0.190. The molecule has 1 fully saturated rings. The summed E-state index contributed by atoms with van der Waals surface area (Å²) in [6, 6.07) is 4.07. The van der Waals surface area contributed by atoms with E-state index in [9.17, 15) is 12.8 Å². The van der Waals surface area contributed by atoms with Gasteiger partial charge in [-0.25, -0.2) is 4.39 Å². The zero-order valence-corrected chi connectivity index (χ0v) is 13.1. The lowest BCUT2D eigenvalue weighted by molar-refractivity contribution is 0.170. The first-order chi connectivity index (χ1) is 9.42. The van der Waals surface area contributed by atoms with E-state index in [0.717, 1.165) is 6.07 Å². The molecule has 0 bridgehead atoms. The van der Waals surface area contributed by atoms with Gasteiger partial charge in [0.15, 0.2) is 0 Å². The van der Waals surface area contributed by atoms with Gasteiger partial charge in [0, 0.05) is 19.7 Å². The normalized spacial score (nSPS) is 18.1. The third-order valence-corrected chi connectivity index (χ3v) is 5.52. The van der Waals surface area contributed by atoms with Crippen molar-refractivity contribution >= 4 is 31.8 Å². The maximum absolute atomic E-state index is 13.4. The van der Waals surface area contributed by atoms with Crippen molar-refractivity contribution in [2.24, 2.45) is 5.92 Å². The molecule has 0 atom stereocenters. The minimum absolute atomic E-state index is 0.0826. The summed E-state index contributed by atoms with van der Waals surface area (Å²) in [6.45, 7) is 0.804. The van der Waals surface area contributed by atoms with Crippen LogP contribution in [0.5, 0.6) is 0 Å². The molecular formula is C12H16BrFN2O3S. The van der Waals surface area contributed by atoms with Gasteiger partial charge in [-0.2, -0.15) is 12.7 Å². The summed E-state index contributed by atoms with van der Waals surface area (Å²) in [4.78, 5) is 0. The van der Waals surface area contributed by atoms with E-state index in [1.807, 2.05) is 0 Å². The number of benzene rings is 1. The van der Waals surface area contributed by atoms with Crippen molar-refractivity contribution in [3.63, 3.8) is 0 Å². The minimum atomic E-state index is -3.68. The van der Waals surface area contributed by atoms with E-state index in [-0.39, 0.29) is 22.7 Å². The molecule has 0 aliphatic carbocycles. The first kappa shape index (κ1) is 15.7. The highest BCUT2D eigenvalue weighted by Crippen LogP contribution is 2.23. The number of nitrogens with zero attached hydrogens (tertiary/aromatic N) is 1. The van der Waals surface area contributed by atoms with Gasteiger partial charge < -0.3 is 5.11 Å². The first-order valence-corrected chi connectivity index (χ1v) is 8.49. The Balaban J connectivity index is 2.05. The quantitative estimate of drug-likeness (QED) is 0.855. The number of piperidine rings is 1. The zero-order chi connectivity index (χ0) is 14.8. The van der Waals surface area contributed by atoms with Gasteiger partial charge in [0.2, 0.25) is 0 Å². The Morgan fingerprint density at radius 1 is 1.40 bits per heavy atom. The van der Waals surface area contributed by atoms with Gasteiger partial charge in [0.05, 0.1) is 10.2 Å². The van der Waals surface area contributed by atoms with Gasteiger partial charge in [-0.1, -0.05) is 0 Å². The average molecular weight is 367 g/mol. The molecule has 0 aromatic heterocycles. The lowest BCUT2D eigenvalue weighted by atomic mass is 10.00. The maximum atomic E-state index is 13.4. The number of aliphatic hydroxyl groups excluding tert-OH is 1. The van der Waals surface area contributed by atoms with Crippen LogP contribution in [-0.2, 0) is 10.2 Å². The van der Waals surface area contributed by atoms with Crippen LogP contribution in [0.1, 0.15) is 12.8 Å². The van der Waals surface area contributed by atoms with Crippen LogP contribution in [0.3, 0.4) is 0 Å². The third-order valence-electron chi connectivity index (χ3n) is 3.34. The summed E-state index contributed by atoms with van der Waals surface area (Å²) < 4.78 is 41.7. The molecule has 1 heterocycles. The first-order valence-electron chi connectivity index (χ1n) is 6.26. The number of hydrogen-bond acceptors (Lipinski definition) is 3. The fourth-order valence-corrected chi connectivity index (χ4v) is 3.60. The summed E-state index contributed by atoms with van der Waals surface area (Å²) >= 11 is 3.01. The monoisotopic (exact) mass is 366 g/mol. The van der Waals surface area contributed by atoms with Crippen LogP contribution >= 0.6 is 15.9 Å². The predicted octanol–water partition coefficient (Wildman–Crippen LogP) is 1.95. The number of nitrogens with one attached hydrogen (secondary N) is 1. The lowest BCUT2D eigenvalue weighted by Gasteiger charge is -2.30. The van der Waals surface area contributed by atoms with E-state index in [4.69, 9.17) is 5.11 Å². The molecule has 20 heavy (non-hydrogen) atoms. The summed E-state index contributed by atoms with van der Waals surface area (Å²) in [7, 11) is -3.68. The van der Waals surface area contributed by atoms with E-state index < -0.39 is 16.0 Å². The standard InChI is InChI=1S/C12H16BrFN2O3S/c13-11-2-1-10(7-12(11)14)15-20(18,19)16-5-3-9(8-17)4-6-16/h1-2,7,9,15,17H,3-6,8H2. The molecule has 0 radical (unpaired) electrons. The maximum Gasteiger partial charge on any atom is 0.301 e. The van der Waals surface area contributed by atoms with E-state index in [1.165, 1.54) is 16.4 Å². The molecule has 112 valence electrons. The SMILES string of the molecule is O=S(=O)(Nc1ccc(Br)c(F)c1)N1CCC(CO)CC1. The molecule has 1 aliphatic heterocycles. The largest absolute Gasteiger partial charge is 0.396 e. The van der Waals surface area contributed by atoms with Crippen molar-refractivity contribution in [1.29, 1.82) is 0 Å². The second-order valence-corrected chi connectivity index (χ2v) is 7.29. The van der Waals surface area contributed by atoms with E-state index >= 15 is 0 Å². The molecular weight excluding hydrogens is 351 g/mol. The second kappa shape index (κ2) is 6.38. The van der Waals surface area contributed by atoms with Gasteiger partial charge in [-0.3, -0.25) is 4.72 Å². The van der Waals surface area contributed by atoms with Gasteiger partial charge >= 0.3 is 10.2 Å². The highest BCUT2D eigenvalue weighted by molar-refractivity contribution is 9.10. The topological polar surface area (TPSA) is 69.6 Å². The molecule has 5 nitrogen and oxygen atoms in total. The number of anilines is 1. The van der Waals surface area contributed by atoms with Crippen molar-refractivity contribution in [3.05, 3.63) is 28.5 Å². The fraction of sp³-hybridized carbons (Fsp3) is 0.500. The Hall–Kier alpha value is -0.700. The van der Waals surface area contributed by atoms with Gasteiger partial charge in [0.1, 0.15) is 5.82 Å². The lowest BCUT2D eigenvalue weighted by Crippen LogP contribution is -2.42. The predicted molar refractivity (Wildman–Crippen MR) is 78.0 cm³/mol. The Labute approximate surface area is 126 Å². The van der Waals surface area contributed by atoms with E-state index in [1.54, 1.807) is 0 Å². The van der Waals surface area contributed by atoms with E-state index in [0.29, 0.717) is 25.9 Å². The van der Waals surface area contributed by atoms with Crippen LogP contribution in [-0.4, -0.2) is 37.5 Å². The number of rotatable bonds is 4. The molecule has 1 aliphatic rings. The van der Waals surface area contributed by atoms with Crippen molar-refractivity contribution in [2.45, 2.75) is 12.8 Å². The Bertz CT molecular complexity index is 574. The minimum Gasteiger partial charge on any atom is -0.396 e. The van der Waals surface area contributed by atoms with Gasteiger partial charge in [0.25, 0.3) is 0 Å². The molecule has 1 aromatic rings. The smallest absolute Gasteiger partial charge is 0.301 e. The molecule has 0 spiro atoms. The van der Waals surface area contributed by atoms with Crippen LogP contribution in [0.2, 0.25) is 0 Å². The molecule has 0 saturated carbocycles. The van der Waals surface area contributed by atoms with Crippen molar-refractivity contribution in [3.8, 4) is 0 Å². The Morgan fingerprint density at radius 2 is 2.05 bits per heavy atom. The van der Waals surface area contributed by atoms with Crippen LogP contribution in [0.25, 0.3) is 0 Å². The molecule has 2 rings (SSSR count). The number of halogens is 2. The second-order valence-electron chi connectivity index (χ2n) is 4.76. The average Bonchev–Trinajstić information content (AvgIpc) is 2.43. The van der Waals surface area contributed by atoms with Crippen LogP contribution in [0.15, 0.2) is 22.7 Å². The highest BCUT2D eigenvalue weighted by atomic mass is 79.9. The molecule has 2 N–H and O–H groups in total. The van der Waals surface area contributed by atoms with Crippen molar-refractivity contribution in [1.82, 2.24) is 4.31 Å². The van der Waals surface area contributed by atoms with E-state index in [2.05, 4.69) is 20.7 Å². The van der Waals surface area contributed by atoms with Crippen LogP contribution < -0.4 is 4.72 Å². The summed E-state index contributed by atoms with van der Waals surface area (Å²) in [5, 5.41) is 9.04. The third kappa shape index (κ3) is 3.69. The van der Waals surface area contributed by atoms with Crippen molar-refractivity contribution in [2.75, 3.05) is 24.4 Å². The van der Waals surface area contributed by atoms with Crippen LogP contribution in [0.4, 0.5) is 10.1 Å². The highest BCUT2D eigenvalue weighted by Gasteiger charge is 2.27. The molecule has 8 heteroatoms. The molecule has 0 unspecified atom stereocenters. The summed E-state index contributed by atoms with van der Waals surface area (Å²) in [6.07, 6.45) is 1.26. The zero-order valence-electron chi connectivity index (χ0n) is 10.7. The Morgan fingerprint density at radius 3 is 2.60 bits per heavy atom. The van der Waals surface area contributed by atoms with Gasteiger partial charge in [-0.15, -0.1) is 0 Å². The molecule has 0 amide bonds. The molecule has 1 saturated heterocycles. The summed E-state index contributed by atoms with van der Waals surface area (Å²) in [5.74, 6) is -0.365.